The van der Waals surface area contributed by atoms with Gasteiger partial charge in [0.2, 0.25) is 18.3 Å². The molecule has 1 aromatic heterocycles. The first-order valence-corrected chi connectivity index (χ1v) is 13.2. The van der Waals surface area contributed by atoms with Gasteiger partial charge in [-0.25, -0.2) is 4.39 Å². The number of aromatic nitrogens is 2. The van der Waals surface area contributed by atoms with E-state index in [2.05, 4.69) is 5.10 Å². The molecular weight excluding hydrogens is 559 g/mol. The fraction of sp³-hybridized carbons (Fsp3) is 0.536. The molecular formula is C28H35FN2O11. The lowest BCUT2D eigenvalue weighted by Gasteiger charge is -2.43. The van der Waals surface area contributed by atoms with Gasteiger partial charge in [0.15, 0.2) is 23.8 Å². The quantitative estimate of drug-likeness (QED) is 0.317. The fourth-order valence-corrected chi connectivity index (χ4v) is 4.59. The smallest absolute Gasteiger partial charge is 0.303 e. The first-order chi connectivity index (χ1) is 19.7. The van der Waals surface area contributed by atoms with E-state index in [-0.39, 0.29) is 18.3 Å². The van der Waals surface area contributed by atoms with E-state index in [1.165, 1.54) is 19.1 Å². The summed E-state index contributed by atoms with van der Waals surface area (Å²) in [5.74, 6) is -4.24. The van der Waals surface area contributed by atoms with Gasteiger partial charge >= 0.3 is 23.9 Å². The predicted octanol–water partition coefficient (Wildman–Crippen LogP) is 2.67. The standard InChI is InChI=1S/C28H35FN2O11/c1-13(2)31-14(3)20(10-19-8-9-22(36)21(29)11-19)27(30-31)42-28-26(40-18(7)35)25(39-17(6)34)24(38-16(5)33)23(41-28)12-37-15(4)32/h8-9,11,13,23-26,28,36H,10,12H2,1-7H3/t23?,24-,25+,26-,28+/m1/s1. The lowest BCUT2D eigenvalue weighted by Crippen LogP contribution is -2.63. The average molecular weight is 595 g/mol. The van der Waals surface area contributed by atoms with Crippen LogP contribution < -0.4 is 4.74 Å². The number of rotatable bonds is 10. The van der Waals surface area contributed by atoms with Crippen LogP contribution in [0.3, 0.4) is 0 Å². The number of benzene rings is 1. The number of ether oxygens (including phenoxy) is 6. The Bertz CT molecular complexity index is 1330. The van der Waals surface area contributed by atoms with Crippen molar-refractivity contribution in [2.75, 3.05) is 6.61 Å². The second-order valence-corrected chi connectivity index (χ2v) is 10.1. The van der Waals surface area contributed by atoms with Crippen molar-refractivity contribution in [3.8, 4) is 11.6 Å². The number of esters is 4. The van der Waals surface area contributed by atoms with Crippen LogP contribution in [0.1, 0.15) is 64.4 Å². The van der Waals surface area contributed by atoms with Gasteiger partial charge in [-0.3, -0.25) is 23.9 Å². The number of carbonyl (C=O) groups excluding carboxylic acids is 4. The maximum atomic E-state index is 14.1. The number of halogens is 1. The molecule has 13 nitrogen and oxygen atoms in total. The molecule has 0 radical (unpaired) electrons. The normalized spacial score (nSPS) is 21.9. The Balaban J connectivity index is 2.09. The lowest BCUT2D eigenvalue weighted by atomic mass is 9.98. The van der Waals surface area contributed by atoms with Crippen LogP contribution in [0.4, 0.5) is 4.39 Å². The van der Waals surface area contributed by atoms with Gasteiger partial charge in [-0.1, -0.05) is 6.07 Å². The van der Waals surface area contributed by atoms with Gasteiger partial charge in [0.1, 0.15) is 12.7 Å². The highest BCUT2D eigenvalue weighted by Crippen LogP contribution is 2.34. The highest BCUT2D eigenvalue weighted by Gasteiger charge is 2.53. The first-order valence-electron chi connectivity index (χ1n) is 13.2. The molecule has 14 heteroatoms. The summed E-state index contributed by atoms with van der Waals surface area (Å²) >= 11 is 0. The molecule has 0 bridgehead atoms. The fourth-order valence-electron chi connectivity index (χ4n) is 4.59. The second kappa shape index (κ2) is 13.6. The van der Waals surface area contributed by atoms with Crippen LogP contribution in [0.2, 0.25) is 0 Å². The van der Waals surface area contributed by atoms with Crippen LogP contribution in [-0.4, -0.2) is 76.1 Å². The first kappa shape index (κ1) is 32.3. The maximum Gasteiger partial charge on any atom is 0.303 e. The summed E-state index contributed by atoms with van der Waals surface area (Å²) in [6.45, 7) is 9.68. The summed E-state index contributed by atoms with van der Waals surface area (Å²) in [7, 11) is 0. The maximum absolute atomic E-state index is 14.1. The summed E-state index contributed by atoms with van der Waals surface area (Å²) in [5, 5.41) is 14.2. The van der Waals surface area contributed by atoms with E-state index in [1.54, 1.807) is 17.7 Å². The Morgan fingerprint density at radius 3 is 2.12 bits per heavy atom. The van der Waals surface area contributed by atoms with Gasteiger partial charge < -0.3 is 33.5 Å². The molecule has 1 fully saturated rings. The summed E-state index contributed by atoms with van der Waals surface area (Å²) < 4.78 is 49.4. The van der Waals surface area contributed by atoms with E-state index in [0.717, 1.165) is 20.8 Å². The third-order valence-electron chi connectivity index (χ3n) is 6.30. The molecule has 1 saturated heterocycles. The van der Waals surface area contributed by atoms with Gasteiger partial charge in [0, 0.05) is 51.4 Å². The molecule has 0 aliphatic carbocycles. The molecule has 1 aromatic carbocycles. The highest BCUT2D eigenvalue weighted by molar-refractivity contribution is 5.68. The third-order valence-corrected chi connectivity index (χ3v) is 6.30. The second-order valence-electron chi connectivity index (χ2n) is 10.1. The zero-order valence-corrected chi connectivity index (χ0v) is 24.4. The van der Waals surface area contributed by atoms with Crippen LogP contribution in [0, 0.1) is 12.7 Å². The van der Waals surface area contributed by atoms with Gasteiger partial charge in [0.05, 0.1) is 0 Å². The third kappa shape index (κ3) is 7.96. The predicted molar refractivity (Wildman–Crippen MR) is 141 cm³/mol. The van der Waals surface area contributed by atoms with E-state index in [9.17, 15) is 28.7 Å². The Hall–Kier alpha value is -4.20. The minimum atomic E-state index is -1.49. The summed E-state index contributed by atoms with van der Waals surface area (Å²) in [6.07, 6.45) is -6.77. The molecule has 0 spiro atoms. The van der Waals surface area contributed by atoms with Crippen molar-refractivity contribution < 1.29 is 57.1 Å². The number of phenolic OH excluding ortho intramolecular Hbond substituents is 1. The molecule has 1 unspecified atom stereocenters. The minimum Gasteiger partial charge on any atom is -0.505 e. The molecule has 2 aromatic rings. The van der Waals surface area contributed by atoms with Crippen molar-refractivity contribution in [1.82, 2.24) is 9.78 Å². The van der Waals surface area contributed by atoms with Crippen molar-refractivity contribution in [2.24, 2.45) is 0 Å². The summed E-state index contributed by atoms with van der Waals surface area (Å²) in [5.41, 5.74) is 1.71. The van der Waals surface area contributed by atoms with Crippen LogP contribution in [0.15, 0.2) is 18.2 Å². The topological polar surface area (TPSA) is 162 Å². The van der Waals surface area contributed by atoms with Gasteiger partial charge in [-0.05, 0) is 38.5 Å². The van der Waals surface area contributed by atoms with Crippen LogP contribution in [0.5, 0.6) is 11.6 Å². The zero-order valence-electron chi connectivity index (χ0n) is 24.4. The van der Waals surface area contributed by atoms with E-state index >= 15 is 0 Å². The van der Waals surface area contributed by atoms with Gasteiger partial charge in [0.25, 0.3) is 0 Å². The largest absolute Gasteiger partial charge is 0.505 e. The molecule has 230 valence electrons. The zero-order chi connectivity index (χ0) is 31.3. The molecule has 1 N–H and O–H groups in total. The number of aromatic hydroxyl groups is 1. The Morgan fingerprint density at radius 2 is 1.57 bits per heavy atom. The highest BCUT2D eigenvalue weighted by atomic mass is 19.1. The number of nitrogens with zero attached hydrogens (tertiary/aromatic N) is 2. The van der Waals surface area contributed by atoms with Crippen molar-refractivity contribution >= 4 is 23.9 Å². The minimum absolute atomic E-state index is 0.0376. The van der Waals surface area contributed by atoms with Gasteiger partial charge in [-0.15, -0.1) is 5.10 Å². The summed E-state index contributed by atoms with van der Waals surface area (Å²) in [4.78, 5) is 47.8. The van der Waals surface area contributed by atoms with Crippen molar-refractivity contribution in [1.29, 1.82) is 0 Å². The van der Waals surface area contributed by atoms with Crippen LogP contribution in [0.25, 0.3) is 0 Å². The monoisotopic (exact) mass is 594 g/mol. The van der Waals surface area contributed by atoms with Crippen molar-refractivity contribution in [3.63, 3.8) is 0 Å². The Kier molecular flexibility index (Phi) is 10.5. The molecule has 0 saturated carbocycles. The molecule has 1 aliphatic heterocycles. The van der Waals surface area contributed by atoms with Gasteiger partial charge in [-0.2, -0.15) is 0 Å². The van der Waals surface area contributed by atoms with E-state index in [0.29, 0.717) is 16.8 Å². The van der Waals surface area contributed by atoms with Crippen LogP contribution >= 0.6 is 0 Å². The molecule has 1 aliphatic rings. The molecule has 3 rings (SSSR count). The van der Waals surface area contributed by atoms with E-state index in [1.807, 2.05) is 13.8 Å². The van der Waals surface area contributed by atoms with E-state index in [4.69, 9.17) is 28.4 Å². The Labute approximate surface area is 241 Å². The molecule has 2 heterocycles. The van der Waals surface area contributed by atoms with E-state index < -0.39 is 72.8 Å². The summed E-state index contributed by atoms with van der Waals surface area (Å²) in [6, 6.07) is 3.84. The molecule has 0 amide bonds. The number of hydrogen-bond donors (Lipinski definition) is 1. The van der Waals surface area contributed by atoms with Crippen molar-refractivity contribution in [3.05, 3.63) is 40.8 Å². The van der Waals surface area contributed by atoms with Crippen molar-refractivity contribution in [2.45, 2.75) is 91.6 Å². The number of hydrogen-bond acceptors (Lipinski definition) is 12. The average Bonchev–Trinajstić information content (AvgIpc) is 3.18. The number of phenols is 1. The molecule has 42 heavy (non-hydrogen) atoms. The van der Waals surface area contributed by atoms with Crippen LogP contribution in [-0.2, 0) is 49.3 Å². The molecule has 5 atom stereocenters. The lowest BCUT2D eigenvalue weighted by molar-refractivity contribution is -0.289. The SMILES string of the molecule is CC(=O)OCC1O[C@@H](Oc2nn(C(C)C)c(C)c2Cc2ccc(O)c(F)c2)[C@H](OC(C)=O)[C@@H](OC(C)=O)[C@@H]1OC(C)=O. The Morgan fingerprint density at radius 1 is 0.976 bits per heavy atom. The number of carbonyl (C=O) groups is 4.